The number of thioether (sulfide) groups is 1. The molecule has 0 spiro atoms. The van der Waals surface area contributed by atoms with Crippen LogP contribution in [0.5, 0.6) is 0 Å². The van der Waals surface area contributed by atoms with Crippen molar-refractivity contribution in [1.29, 1.82) is 0 Å². The molecule has 0 saturated carbocycles. The van der Waals surface area contributed by atoms with E-state index in [4.69, 9.17) is 0 Å². The zero-order chi connectivity index (χ0) is 12.5. The van der Waals surface area contributed by atoms with E-state index >= 15 is 0 Å². The van der Waals surface area contributed by atoms with Crippen molar-refractivity contribution >= 4 is 11.8 Å². The Hall–Kier alpha value is -0.540. The third-order valence-electron chi connectivity index (χ3n) is 2.77. The standard InChI is InChI=1S/C14H24N2S/c1-4-8-15-9-13-6-7-14(16-10-13)17-11-12(3)5-2/h6-7,10,12,15H,4-5,8-9,11H2,1-3H3. The molecule has 1 unspecified atom stereocenters. The summed E-state index contributed by atoms with van der Waals surface area (Å²) in [4.78, 5) is 4.49. The van der Waals surface area contributed by atoms with E-state index in [1.165, 1.54) is 18.4 Å². The Kier molecular flexibility index (Phi) is 7.29. The monoisotopic (exact) mass is 252 g/mol. The van der Waals surface area contributed by atoms with Crippen LogP contribution in [0.3, 0.4) is 0 Å². The highest BCUT2D eigenvalue weighted by atomic mass is 32.2. The van der Waals surface area contributed by atoms with Crippen LogP contribution < -0.4 is 5.32 Å². The maximum atomic E-state index is 4.49. The molecule has 0 aliphatic carbocycles. The second kappa shape index (κ2) is 8.54. The molecule has 0 fully saturated rings. The fourth-order valence-electron chi connectivity index (χ4n) is 1.36. The molecule has 0 aliphatic heterocycles. The number of nitrogens with one attached hydrogen (secondary N) is 1. The van der Waals surface area contributed by atoms with Crippen molar-refractivity contribution in [3.63, 3.8) is 0 Å². The van der Waals surface area contributed by atoms with Crippen LogP contribution in [-0.2, 0) is 6.54 Å². The summed E-state index contributed by atoms with van der Waals surface area (Å²) in [6, 6.07) is 4.31. The van der Waals surface area contributed by atoms with Gasteiger partial charge < -0.3 is 5.32 Å². The number of hydrogen-bond acceptors (Lipinski definition) is 3. The summed E-state index contributed by atoms with van der Waals surface area (Å²) in [5.41, 5.74) is 1.27. The van der Waals surface area contributed by atoms with Crippen molar-refractivity contribution < 1.29 is 0 Å². The zero-order valence-electron chi connectivity index (χ0n) is 11.2. The van der Waals surface area contributed by atoms with Crippen LogP contribution in [0.15, 0.2) is 23.4 Å². The summed E-state index contributed by atoms with van der Waals surface area (Å²) < 4.78 is 0. The summed E-state index contributed by atoms with van der Waals surface area (Å²) in [6.45, 7) is 8.71. The van der Waals surface area contributed by atoms with Crippen molar-refractivity contribution in [2.75, 3.05) is 12.3 Å². The lowest BCUT2D eigenvalue weighted by Gasteiger charge is -2.07. The molecule has 96 valence electrons. The van der Waals surface area contributed by atoms with Gasteiger partial charge in [0.25, 0.3) is 0 Å². The van der Waals surface area contributed by atoms with Gasteiger partial charge in [-0.2, -0.15) is 0 Å². The molecule has 0 radical (unpaired) electrons. The van der Waals surface area contributed by atoms with Crippen molar-refractivity contribution in [3.8, 4) is 0 Å². The topological polar surface area (TPSA) is 24.9 Å². The summed E-state index contributed by atoms with van der Waals surface area (Å²) >= 11 is 1.86. The Bertz CT molecular complexity index is 298. The summed E-state index contributed by atoms with van der Waals surface area (Å²) in [5, 5.41) is 4.53. The fraction of sp³-hybridized carbons (Fsp3) is 0.643. The fourth-order valence-corrected chi connectivity index (χ4v) is 2.34. The van der Waals surface area contributed by atoms with Crippen LogP contribution in [0.25, 0.3) is 0 Å². The third kappa shape index (κ3) is 6.08. The molecule has 1 aromatic heterocycles. The molecule has 17 heavy (non-hydrogen) atoms. The van der Waals surface area contributed by atoms with Gasteiger partial charge in [-0.05, 0) is 30.5 Å². The minimum absolute atomic E-state index is 0.771. The smallest absolute Gasteiger partial charge is 0.0960 e. The predicted molar refractivity (Wildman–Crippen MR) is 76.4 cm³/mol. The van der Waals surface area contributed by atoms with E-state index in [2.05, 4.69) is 43.2 Å². The lowest BCUT2D eigenvalue weighted by molar-refractivity contribution is 0.636. The minimum atomic E-state index is 0.771. The number of rotatable bonds is 8. The number of nitrogens with zero attached hydrogens (tertiary/aromatic N) is 1. The lowest BCUT2D eigenvalue weighted by Crippen LogP contribution is -2.13. The van der Waals surface area contributed by atoms with E-state index in [9.17, 15) is 0 Å². The van der Waals surface area contributed by atoms with Gasteiger partial charge in [-0.15, -0.1) is 11.8 Å². The Morgan fingerprint density at radius 2 is 2.18 bits per heavy atom. The first-order chi connectivity index (χ1) is 8.26. The SMILES string of the molecule is CCCNCc1ccc(SCC(C)CC)nc1. The van der Waals surface area contributed by atoms with E-state index in [0.717, 1.165) is 29.8 Å². The van der Waals surface area contributed by atoms with E-state index in [0.29, 0.717) is 0 Å². The van der Waals surface area contributed by atoms with E-state index < -0.39 is 0 Å². The normalized spacial score (nSPS) is 12.6. The molecule has 1 atom stereocenters. The number of hydrogen-bond donors (Lipinski definition) is 1. The van der Waals surface area contributed by atoms with E-state index in [1.807, 2.05) is 18.0 Å². The average Bonchev–Trinajstić information content (AvgIpc) is 2.37. The Morgan fingerprint density at radius 3 is 2.76 bits per heavy atom. The molecule has 3 heteroatoms. The highest BCUT2D eigenvalue weighted by molar-refractivity contribution is 7.99. The number of aromatic nitrogens is 1. The van der Waals surface area contributed by atoms with Gasteiger partial charge in [0.1, 0.15) is 0 Å². The molecule has 1 heterocycles. The van der Waals surface area contributed by atoms with Crippen molar-refractivity contribution in [2.45, 2.75) is 45.2 Å². The van der Waals surface area contributed by atoms with Gasteiger partial charge in [-0.25, -0.2) is 4.98 Å². The minimum Gasteiger partial charge on any atom is -0.313 e. The molecule has 2 nitrogen and oxygen atoms in total. The summed E-state index contributed by atoms with van der Waals surface area (Å²) in [5.74, 6) is 1.93. The van der Waals surface area contributed by atoms with Gasteiger partial charge in [0.05, 0.1) is 5.03 Å². The zero-order valence-corrected chi connectivity index (χ0v) is 12.0. The second-order valence-electron chi connectivity index (χ2n) is 4.51. The first kappa shape index (κ1) is 14.5. The van der Waals surface area contributed by atoms with Crippen molar-refractivity contribution in [3.05, 3.63) is 23.9 Å². The average molecular weight is 252 g/mol. The first-order valence-electron chi connectivity index (χ1n) is 6.54. The summed E-state index contributed by atoms with van der Waals surface area (Å²) in [7, 11) is 0. The van der Waals surface area contributed by atoms with Gasteiger partial charge in [0, 0.05) is 18.5 Å². The van der Waals surface area contributed by atoms with Gasteiger partial charge >= 0.3 is 0 Å². The van der Waals surface area contributed by atoms with E-state index in [1.54, 1.807) is 0 Å². The number of pyridine rings is 1. The molecule has 0 aliphatic rings. The molecule has 1 N–H and O–H groups in total. The molecule has 0 aromatic carbocycles. The van der Waals surface area contributed by atoms with Crippen LogP contribution in [-0.4, -0.2) is 17.3 Å². The van der Waals surface area contributed by atoms with Crippen molar-refractivity contribution in [1.82, 2.24) is 10.3 Å². The Morgan fingerprint density at radius 1 is 1.35 bits per heavy atom. The van der Waals surface area contributed by atoms with Crippen LogP contribution in [0.2, 0.25) is 0 Å². The molecule has 0 bridgehead atoms. The molecule has 1 rings (SSSR count). The lowest BCUT2D eigenvalue weighted by atomic mass is 10.2. The molecular formula is C14H24N2S. The summed E-state index contributed by atoms with van der Waals surface area (Å²) in [6.07, 6.45) is 4.41. The largest absolute Gasteiger partial charge is 0.313 e. The van der Waals surface area contributed by atoms with E-state index in [-0.39, 0.29) is 0 Å². The quantitative estimate of drug-likeness (QED) is 0.564. The predicted octanol–water partition coefficient (Wildman–Crippen LogP) is 3.72. The van der Waals surface area contributed by atoms with Crippen LogP contribution >= 0.6 is 11.8 Å². The van der Waals surface area contributed by atoms with Crippen LogP contribution in [0.1, 0.15) is 39.2 Å². The van der Waals surface area contributed by atoms with Crippen LogP contribution in [0, 0.1) is 5.92 Å². The highest BCUT2D eigenvalue weighted by Crippen LogP contribution is 2.19. The second-order valence-corrected chi connectivity index (χ2v) is 5.55. The maximum absolute atomic E-state index is 4.49. The van der Waals surface area contributed by atoms with Gasteiger partial charge in [0.15, 0.2) is 0 Å². The Balaban J connectivity index is 2.34. The molecular weight excluding hydrogens is 228 g/mol. The van der Waals surface area contributed by atoms with Gasteiger partial charge in [-0.1, -0.05) is 33.3 Å². The van der Waals surface area contributed by atoms with Crippen LogP contribution in [0.4, 0.5) is 0 Å². The van der Waals surface area contributed by atoms with Gasteiger partial charge in [0.2, 0.25) is 0 Å². The van der Waals surface area contributed by atoms with Crippen molar-refractivity contribution in [2.24, 2.45) is 5.92 Å². The maximum Gasteiger partial charge on any atom is 0.0960 e. The Labute approximate surface area is 110 Å². The molecule has 1 aromatic rings. The molecule has 0 amide bonds. The first-order valence-corrected chi connectivity index (χ1v) is 7.53. The molecule has 0 saturated heterocycles. The third-order valence-corrected chi connectivity index (χ3v) is 4.04. The van der Waals surface area contributed by atoms with Gasteiger partial charge in [-0.3, -0.25) is 0 Å². The highest BCUT2D eigenvalue weighted by Gasteiger charge is 2.01.